The average molecular weight is 260 g/mol. The molecule has 0 aliphatic heterocycles. The second-order valence-electron chi connectivity index (χ2n) is 3.53. The van der Waals surface area contributed by atoms with Crippen molar-refractivity contribution in [1.82, 2.24) is 0 Å². The molecule has 0 fully saturated rings. The smallest absolute Gasteiger partial charge is 0.134 e. The minimum atomic E-state index is -0.706. The summed E-state index contributed by atoms with van der Waals surface area (Å²) in [5.41, 5.74) is 5.91. The molecule has 0 aliphatic rings. The van der Waals surface area contributed by atoms with Crippen LogP contribution in [0.3, 0.4) is 0 Å². The van der Waals surface area contributed by atoms with Crippen molar-refractivity contribution in [1.29, 1.82) is 0 Å². The lowest BCUT2D eigenvalue weighted by Gasteiger charge is -2.25. The van der Waals surface area contributed by atoms with Crippen molar-refractivity contribution < 1.29 is 10.2 Å². The highest BCUT2D eigenvalue weighted by molar-refractivity contribution is 9.10. The first-order valence-corrected chi connectivity index (χ1v) is 5.16. The molecular weight excluding hydrogens is 246 g/mol. The van der Waals surface area contributed by atoms with E-state index in [1.807, 2.05) is 6.07 Å². The van der Waals surface area contributed by atoms with E-state index in [1.165, 1.54) is 0 Å². The Morgan fingerprint density at radius 3 is 2.71 bits per heavy atom. The second-order valence-corrected chi connectivity index (χ2v) is 4.38. The number of aliphatic hydroxyl groups is 1. The third-order valence-electron chi connectivity index (χ3n) is 2.23. The number of phenolic OH excluding ortho intramolecular Hbond substituents is 1. The highest BCUT2D eigenvalue weighted by Crippen LogP contribution is 2.34. The van der Waals surface area contributed by atoms with Crippen molar-refractivity contribution in [2.24, 2.45) is 5.73 Å². The number of halogens is 1. The molecule has 0 saturated carbocycles. The molecule has 0 aromatic heterocycles. The molecule has 1 aromatic carbocycles. The molecule has 0 amide bonds. The van der Waals surface area contributed by atoms with E-state index >= 15 is 0 Å². The lowest BCUT2D eigenvalue weighted by molar-refractivity contribution is 0.245. The molecule has 0 spiro atoms. The van der Waals surface area contributed by atoms with E-state index in [0.717, 1.165) is 0 Å². The Kier molecular flexibility index (Phi) is 3.53. The summed E-state index contributed by atoms with van der Waals surface area (Å²) in [6.45, 7) is 1.78. The number of phenols is 1. The Balaban J connectivity index is 3.12. The van der Waals surface area contributed by atoms with Gasteiger partial charge in [0.1, 0.15) is 5.75 Å². The van der Waals surface area contributed by atoms with Crippen LogP contribution in [0.5, 0.6) is 5.75 Å². The van der Waals surface area contributed by atoms with E-state index in [9.17, 15) is 5.11 Å². The van der Waals surface area contributed by atoms with Crippen molar-refractivity contribution >= 4 is 15.9 Å². The van der Waals surface area contributed by atoms with Crippen LogP contribution in [0.15, 0.2) is 22.7 Å². The molecule has 14 heavy (non-hydrogen) atoms. The molecule has 0 bridgehead atoms. The first-order valence-electron chi connectivity index (χ1n) is 4.37. The van der Waals surface area contributed by atoms with Crippen LogP contribution in [-0.4, -0.2) is 16.8 Å². The first-order chi connectivity index (χ1) is 6.49. The van der Waals surface area contributed by atoms with Crippen LogP contribution in [0.1, 0.15) is 18.9 Å². The fourth-order valence-corrected chi connectivity index (χ4v) is 1.71. The van der Waals surface area contributed by atoms with Gasteiger partial charge in [-0.25, -0.2) is 0 Å². The minimum Gasteiger partial charge on any atom is -0.506 e. The quantitative estimate of drug-likeness (QED) is 0.775. The van der Waals surface area contributed by atoms with Gasteiger partial charge in [0.25, 0.3) is 0 Å². The normalized spacial score (nSPS) is 15.1. The SMILES string of the molecule is C[C@](N)(CCO)c1cccc(Br)c1O. The van der Waals surface area contributed by atoms with Gasteiger partial charge < -0.3 is 15.9 Å². The van der Waals surface area contributed by atoms with E-state index in [0.29, 0.717) is 16.5 Å². The summed E-state index contributed by atoms with van der Waals surface area (Å²) < 4.78 is 0.615. The maximum atomic E-state index is 9.75. The van der Waals surface area contributed by atoms with Crippen molar-refractivity contribution in [2.75, 3.05) is 6.61 Å². The van der Waals surface area contributed by atoms with Crippen LogP contribution in [0.4, 0.5) is 0 Å². The number of hydrogen-bond donors (Lipinski definition) is 3. The number of aliphatic hydroxyl groups excluding tert-OH is 1. The standard InChI is InChI=1S/C10H14BrNO2/c1-10(12,5-6-13)7-3-2-4-8(11)9(7)14/h2-4,13-14H,5-6,12H2,1H3/t10-/m0/s1. The van der Waals surface area contributed by atoms with Crippen LogP contribution in [-0.2, 0) is 5.54 Å². The lowest BCUT2D eigenvalue weighted by atomic mass is 9.89. The molecule has 0 unspecified atom stereocenters. The van der Waals surface area contributed by atoms with Gasteiger partial charge in [0, 0.05) is 17.7 Å². The second kappa shape index (κ2) is 4.29. The molecular formula is C10H14BrNO2. The molecule has 1 rings (SSSR count). The van der Waals surface area contributed by atoms with E-state index in [1.54, 1.807) is 19.1 Å². The summed E-state index contributed by atoms with van der Waals surface area (Å²) >= 11 is 3.22. The van der Waals surface area contributed by atoms with Gasteiger partial charge in [-0.1, -0.05) is 12.1 Å². The summed E-state index contributed by atoms with van der Waals surface area (Å²) in [5.74, 6) is 0.144. The van der Waals surface area contributed by atoms with Gasteiger partial charge in [-0.3, -0.25) is 0 Å². The van der Waals surface area contributed by atoms with Gasteiger partial charge in [-0.05, 0) is 35.3 Å². The monoisotopic (exact) mass is 259 g/mol. The molecule has 0 radical (unpaired) electrons. The van der Waals surface area contributed by atoms with E-state index in [4.69, 9.17) is 10.8 Å². The van der Waals surface area contributed by atoms with Crippen LogP contribution < -0.4 is 5.73 Å². The van der Waals surface area contributed by atoms with Gasteiger partial charge in [-0.2, -0.15) is 0 Å². The first kappa shape index (κ1) is 11.5. The topological polar surface area (TPSA) is 66.5 Å². The Morgan fingerprint density at radius 2 is 2.14 bits per heavy atom. The summed E-state index contributed by atoms with van der Waals surface area (Å²) in [4.78, 5) is 0. The highest BCUT2D eigenvalue weighted by Gasteiger charge is 2.24. The van der Waals surface area contributed by atoms with Gasteiger partial charge in [-0.15, -0.1) is 0 Å². The van der Waals surface area contributed by atoms with Crippen LogP contribution >= 0.6 is 15.9 Å². The van der Waals surface area contributed by atoms with Gasteiger partial charge in [0.2, 0.25) is 0 Å². The predicted octanol–water partition coefficient (Wildman–Crippen LogP) is 1.71. The summed E-state index contributed by atoms with van der Waals surface area (Å²) in [6.07, 6.45) is 0.414. The summed E-state index contributed by atoms with van der Waals surface area (Å²) in [6, 6.07) is 5.31. The number of rotatable bonds is 3. The molecule has 4 N–H and O–H groups in total. The van der Waals surface area contributed by atoms with Crippen LogP contribution in [0.2, 0.25) is 0 Å². The molecule has 1 atom stereocenters. The molecule has 3 nitrogen and oxygen atoms in total. The number of nitrogens with two attached hydrogens (primary N) is 1. The van der Waals surface area contributed by atoms with Crippen molar-refractivity contribution in [2.45, 2.75) is 18.9 Å². The Hall–Kier alpha value is -0.580. The summed E-state index contributed by atoms with van der Waals surface area (Å²) in [5, 5.41) is 18.6. The van der Waals surface area contributed by atoms with Gasteiger partial charge in [0.05, 0.1) is 4.47 Å². The Morgan fingerprint density at radius 1 is 1.50 bits per heavy atom. The summed E-state index contributed by atoms with van der Waals surface area (Å²) in [7, 11) is 0. The molecule has 4 heteroatoms. The van der Waals surface area contributed by atoms with E-state index in [2.05, 4.69) is 15.9 Å². The zero-order valence-electron chi connectivity index (χ0n) is 8.00. The zero-order valence-corrected chi connectivity index (χ0v) is 9.58. The molecule has 0 saturated heterocycles. The zero-order chi connectivity index (χ0) is 10.8. The Labute approximate surface area is 91.7 Å². The van der Waals surface area contributed by atoms with Crippen LogP contribution in [0.25, 0.3) is 0 Å². The minimum absolute atomic E-state index is 0.00104. The number of hydrogen-bond acceptors (Lipinski definition) is 3. The predicted molar refractivity (Wildman–Crippen MR) is 59.0 cm³/mol. The Bertz CT molecular complexity index is 326. The van der Waals surface area contributed by atoms with Crippen molar-refractivity contribution in [3.8, 4) is 5.75 Å². The average Bonchev–Trinajstić information content (AvgIpc) is 2.09. The van der Waals surface area contributed by atoms with E-state index in [-0.39, 0.29) is 12.4 Å². The maximum Gasteiger partial charge on any atom is 0.134 e. The fraction of sp³-hybridized carbons (Fsp3) is 0.400. The maximum absolute atomic E-state index is 9.75. The molecule has 1 aromatic rings. The highest BCUT2D eigenvalue weighted by atomic mass is 79.9. The van der Waals surface area contributed by atoms with E-state index < -0.39 is 5.54 Å². The van der Waals surface area contributed by atoms with Crippen LogP contribution in [0, 0.1) is 0 Å². The number of aromatic hydroxyl groups is 1. The van der Waals surface area contributed by atoms with Gasteiger partial charge >= 0.3 is 0 Å². The fourth-order valence-electron chi connectivity index (χ4n) is 1.34. The molecule has 0 aliphatic carbocycles. The largest absolute Gasteiger partial charge is 0.506 e. The van der Waals surface area contributed by atoms with Crippen molar-refractivity contribution in [3.05, 3.63) is 28.2 Å². The molecule has 0 heterocycles. The third kappa shape index (κ3) is 2.26. The number of para-hydroxylation sites is 1. The third-order valence-corrected chi connectivity index (χ3v) is 2.87. The molecule has 78 valence electrons. The van der Waals surface area contributed by atoms with Crippen molar-refractivity contribution in [3.63, 3.8) is 0 Å². The van der Waals surface area contributed by atoms with Gasteiger partial charge in [0.15, 0.2) is 0 Å². The number of benzene rings is 1. The lowest BCUT2D eigenvalue weighted by Crippen LogP contribution is -2.34.